The van der Waals surface area contributed by atoms with Gasteiger partial charge in [-0.3, -0.25) is 14.6 Å². The van der Waals surface area contributed by atoms with Gasteiger partial charge in [0.05, 0.1) is 24.9 Å². The fourth-order valence-electron chi connectivity index (χ4n) is 2.23. The van der Waals surface area contributed by atoms with Crippen molar-refractivity contribution in [3.63, 3.8) is 0 Å². The zero-order valence-electron chi connectivity index (χ0n) is 10.6. The van der Waals surface area contributed by atoms with E-state index >= 15 is 0 Å². The number of nitrogens with one attached hydrogen (secondary N) is 1. The van der Waals surface area contributed by atoms with Crippen LogP contribution in [-0.4, -0.2) is 50.5 Å². The Bertz CT molecular complexity index is 562. The number of hydrogen-bond donors (Lipinski definition) is 1. The van der Waals surface area contributed by atoms with Crippen LogP contribution in [0.15, 0.2) is 24.5 Å². The van der Waals surface area contributed by atoms with Crippen molar-refractivity contribution >= 4 is 5.91 Å². The Balaban J connectivity index is 1.86. The van der Waals surface area contributed by atoms with Crippen LogP contribution < -0.4 is 0 Å². The monoisotopic (exact) mass is 261 g/mol. The molecule has 1 amide bonds. The van der Waals surface area contributed by atoms with E-state index in [1.807, 2.05) is 6.07 Å². The summed E-state index contributed by atoms with van der Waals surface area (Å²) in [4.78, 5) is 14.3. The Hall–Kier alpha value is -2.15. The molecule has 3 heterocycles. The second-order valence-electron chi connectivity index (χ2n) is 4.48. The van der Waals surface area contributed by atoms with Gasteiger partial charge in [-0.05, 0) is 12.1 Å². The number of ether oxygens (including phenoxy) is 1. The highest BCUT2D eigenvalue weighted by Gasteiger charge is 2.31. The number of nitrogens with zero attached hydrogens (tertiary/aromatic N) is 4. The van der Waals surface area contributed by atoms with Crippen LogP contribution >= 0.6 is 0 Å². The summed E-state index contributed by atoms with van der Waals surface area (Å²) in [6, 6.07) is 3.45. The van der Waals surface area contributed by atoms with Crippen molar-refractivity contribution in [1.82, 2.24) is 24.9 Å². The number of carbonyl (C=O) groups excluding carboxylic acids is 1. The number of amides is 1. The molecule has 0 aromatic carbocycles. The van der Waals surface area contributed by atoms with Crippen molar-refractivity contribution in [1.29, 1.82) is 0 Å². The van der Waals surface area contributed by atoms with E-state index in [1.54, 1.807) is 35.1 Å². The molecule has 1 aliphatic rings. The summed E-state index contributed by atoms with van der Waals surface area (Å²) >= 11 is 0. The number of rotatable bonds is 2. The summed E-state index contributed by atoms with van der Waals surface area (Å²) < 4.78 is 7.08. The van der Waals surface area contributed by atoms with Gasteiger partial charge in [-0.1, -0.05) is 0 Å². The lowest BCUT2D eigenvalue weighted by molar-refractivity contribution is -0.00425. The number of aryl methyl sites for hydroxylation is 1. The average Bonchev–Trinajstić information content (AvgIpc) is 3.09. The molecule has 100 valence electrons. The molecule has 1 aliphatic heterocycles. The molecular formula is C12H15N5O2. The number of H-pyrrole nitrogens is 1. The van der Waals surface area contributed by atoms with Crippen molar-refractivity contribution in [2.45, 2.75) is 6.04 Å². The maximum atomic E-state index is 12.5. The molecule has 3 rings (SSSR count). The van der Waals surface area contributed by atoms with Crippen LogP contribution in [0.2, 0.25) is 0 Å². The minimum absolute atomic E-state index is 0.0801. The highest BCUT2D eigenvalue weighted by molar-refractivity contribution is 5.92. The van der Waals surface area contributed by atoms with Crippen LogP contribution in [0.4, 0.5) is 0 Å². The molecular weight excluding hydrogens is 246 g/mol. The number of aromatic nitrogens is 4. The molecule has 1 fully saturated rings. The van der Waals surface area contributed by atoms with E-state index in [0.29, 0.717) is 25.5 Å². The van der Waals surface area contributed by atoms with Gasteiger partial charge in [0.2, 0.25) is 0 Å². The van der Waals surface area contributed by atoms with E-state index in [9.17, 15) is 4.79 Å². The lowest BCUT2D eigenvalue weighted by atomic mass is 10.1. The van der Waals surface area contributed by atoms with E-state index in [1.165, 1.54) is 0 Å². The topological polar surface area (TPSA) is 76.0 Å². The van der Waals surface area contributed by atoms with Gasteiger partial charge in [-0.25, -0.2) is 0 Å². The lowest BCUT2D eigenvalue weighted by Crippen LogP contribution is -2.43. The van der Waals surface area contributed by atoms with Crippen molar-refractivity contribution in [3.05, 3.63) is 35.9 Å². The maximum Gasteiger partial charge on any atom is 0.275 e. The van der Waals surface area contributed by atoms with Crippen LogP contribution in [0.3, 0.4) is 0 Å². The fraction of sp³-hybridized carbons (Fsp3) is 0.417. The van der Waals surface area contributed by atoms with Crippen LogP contribution in [0, 0.1) is 0 Å². The number of aromatic amines is 1. The van der Waals surface area contributed by atoms with Gasteiger partial charge in [0, 0.05) is 26.0 Å². The normalized spacial score (nSPS) is 19.6. The van der Waals surface area contributed by atoms with E-state index in [0.717, 1.165) is 5.69 Å². The van der Waals surface area contributed by atoms with E-state index in [2.05, 4.69) is 15.3 Å². The van der Waals surface area contributed by atoms with Crippen molar-refractivity contribution < 1.29 is 9.53 Å². The molecule has 1 saturated heterocycles. The quantitative estimate of drug-likeness (QED) is 0.846. The lowest BCUT2D eigenvalue weighted by Gasteiger charge is -2.34. The molecule has 0 saturated carbocycles. The molecule has 1 N–H and O–H groups in total. The van der Waals surface area contributed by atoms with Gasteiger partial charge in [-0.15, -0.1) is 0 Å². The SMILES string of the molecule is Cn1ccc(C(=O)N2CCOCC2c2ccn[nH]2)n1. The molecule has 1 atom stereocenters. The minimum atomic E-state index is -0.134. The molecule has 19 heavy (non-hydrogen) atoms. The van der Waals surface area contributed by atoms with Gasteiger partial charge >= 0.3 is 0 Å². The van der Waals surface area contributed by atoms with Crippen molar-refractivity contribution in [3.8, 4) is 0 Å². The van der Waals surface area contributed by atoms with Gasteiger partial charge in [0.15, 0.2) is 0 Å². The van der Waals surface area contributed by atoms with Crippen LogP contribution in [0.1, 0.15) is 22.2 Å². The Kier molecular flexibility index (Phi) is 3.04. The van der Waals surface area contributed by atoms with Gasteiger partial charge < -0.3 is 9.64 Å². The number of morpholine rings is 1. The predicted octanol–water partition coefficient (Wildman–Crippen LogP) is 0.357. The van der Waals surface area contributed by atoms with Crippen molar-refractivity contribution in [2.24, 2.45) is 7.05 Å². The Morgan fingerprint density at radius 1 is 1.53 bits per heavy atom. The zero-order chi connectivity index (χ0) is 13.2. The Labute approximate surface area is 110 Å². The molecule has 0 radical (unpaired) electrons. The summed E-state index contributed by atoms with van der Waals surface area (Å²) in [6.45, 7) is 1.57. The minimum Gasteiger partial charge on any atom is -0.377 e. The molecule has 7 heteroatoms. The highest BCUT2D eigenvalue weighted by Crippen LogP contribution is 2.23. The van der Waals surface area contributed by atoms with Crippen LogP contribution in [0.5, 0.6) is 0 Å². The molecule has 7 nitrogen and oxygen atoms in total. The van der Waals surface area contributed by atoms with Gasteiger partial charge in [0.25, 0.3) is 5.91 Å². The smallest absolute Gasteiger partial charge is 0.275 e. The first-order valence-corrected chi connectivity index (χ1v) is 6.13. The third-order valence-corrected chi connectivity index (χ3v) is 3.20. The van der Waals surface area contributed by atoms with Crippen molar-refractivity contribution in [2.75, 3.05) is 19.8 Å². The molecule has 0 bridgehead atoms. The second-order valence-corrected chi connectivity index (χ2v) is 4.48. The van der Waals surface area contributed by atoms with Gasteiger partial charge in [-0.2, -0.15) is 10.2 Å². The third kappa shape index (κ3) is 2.24. The zero-order valence-corrected chi connectivity index (χ0v) is 10.6. The van der Waals surface area contributed by atoms with E-state index in [-0.39, 0.29) is 11.9 Å². The first-order valence-electron chi connectivity index (χ1n) is 6.13. The number of hydrogen-bond acceptors (Lipinski definition) is 4. The number of carbonyl (C=O) groups is 1. The summed E-state index contributed by atoms with van der Waals surface area (Å²) in [5, 5.41) is 11.0. The summed E-state index contributed by atoms with van der Waals surface area (Å²) in [5.74, 6) is -0.0801. The third-order valence-electron chi connectivity index (χ3n) is 3.20. The highest BCUT2D eigenvalue weighted by atomic mass is 16.5. The van der Waals surface area contributed by atoms with Crippen LogP contribution in [-0.2, 0) is 11.8 Å². The largest absolute Gasteiger partial charge is 0.377 e. The summed E-state index contributed by atoms with van der Waals surface area (Å²) in [5.41, 5.74) is 1.33. The first kappa shape index (κ1) is 11.9. The average molecular weight is 261 g/mol. The molecule has 0 spiro atoms. The van der Waals surface area contributed by atoms with E-state index < -0.39 is 0 Å². The molecule has 2 aromatic rings. The summed E-state index contributed by atoms with van der Waals surface area (Å²) in [7, 11) is 1.79. The molecule has 2 aromatic heterocycles. The Morgan fingerprint density at radius 2 is 2.42 bits per heavy atom. The van der Waals surface area contributed by atoms with Gasteiger partial charge in [0.1, 0.15) is 5.69 Å². The molecule has 0 aliphatic carbocycles. The first-order chi connectivity index (χ1) is 9.25. The Morgan fingerprint density at radius 3 is 3.11 bits per heavy atom. The fourth-order valence-corrected chi connectivity index (χ4v) is 2.23. The maximum absolute atomic E-state index is 12.5. The standard InChI is InChI=1S/C12H15N5O2/c1-16-5-3-10(15-16)12(18)17-6-7-19-8-11(17)9-2-4-13-14-9/h2-5,11H,6-8H2,1H3,(H,13,14). The summed E-state index contributed by atoms with van der Waals surface area (Å²) in [6.07, 6.45) is 3.44. The van der Waals surface area contributed by atoms with Crippen LogP contribution in [0.25, 0.3) is 0 Å². The predicted molar refractivity (Wildman–Crippen MR) is 66.4 cm³/mol. The van der Waals surface area contributed by atoms with E-state index in [4.69, 9.17) is 4.74 Å². The second kappa shape index (κ2) is 4.85. The molecule has 1 unspecified atom stereocenters.